The number of aryl methyl sites for hydroxylation is 2. The first kappa shape index (κ1) is 24.7. The number of rotatable bonds is 5. The van der Waals surface area contributed by atoms with Gasteiger partial charge in [0.15, 0.2) is 11.0 Å². The average Bonchev–Trinajstić information content (AvgIpc) is 3.33. The molecule has 0 fully saturated rings. The van der Waals surface area contributed by atoms with Crippen molar-refractivity contribution in [1.29, 1.82) is 0 Å². The smallest absolute Gasteiger partial charge is 0.239 e. The van der Waals surface area contributed by atoms with Gasteiger partial charge in [-0.1, -0.05) is 121 Å². The number of imidazole rings is 1. The summed E-state index contributed by atoms with van der Waals surface area (Å²) in [6.45, 7) is 2.16. The van der Waals surface area contributed by atoms with Crippen LogP contribution in [0.25, 0.3) is 62.0 Å². The van der Waals surface area contributed by atoms with Gasteiger partial charge in [0, 0.05) is 16.7 Å². The van der Waals surface area contributed by atoms with E-state index >= 15 is 0 Å². The molecule has 0 unspecified atom stereocenters. The van der Waals surface area contributed by atoms with E-state index < -0.39 is 0 Å². The molecule has 0 aliphatic rings. The molecule has 0 spiro atoms. The molecule has 5 aromatic carbocycles. The quantitative estimate of drug-likeness (QED) is 0.211. The van der Waals surface area contributed by atoms with Gasteiger partial charge in [0.25, 0.3) is 11.6 Å². The van der Waals surface area contributed by atoms with Crippen LogP contribution in [0.1, 0.15) is 5.56 Å². The van der Waals surface area contributed by atoms with E-state index in [-0.39, 0.29) is 0 Å². The summed E-state index contributed by atoms with van der Waals surface area (Å²) in [5, 5.41) is 0. The Morgan fingerprint density at radius 2 is 1.00 bits per heavy atom. The van der Waals surface area contributed by atoms with Gasteiger partial charge in [-0.05, 0) is 30.7 Å². The van der Waals surface area contributed by atoms with Crippen molar-refractivity contribution in [2.45, 2.75) is 6.92 Å². The molecule has 4 nitrogen and oxygen atoms in total. The summed E-state index contributed by atoms with van der Waals surface area (Å²) in [5.41, 5.74) is 10.2. The Labute approximate surface area is 239 Å². The molecular weight excluding hydrogens is 500 g/mol. The van der Waals surface area contributed by atoms with Crippen molar-refractivity contribution in [3.63, 3.8) is 0 Å². The molecule has 0 amide bonds. The van der Waals surface area contributed by atoms with Gasteiger partial charge < -0.3 is 0 Å². The lowest BCUT2D eigenvalue weighted by molar-refractivity contribution is -0.633. The zero-order chi connectivity index (χ0) is 27.8. The molecule has 0 atom stereocenters. The predicted octanol–water partition coefficient (Wildman–Crippen LogP) is 8.22. The number of hydrogen-bond donors (Lipinski definition) is 0. The zero-order valence-corrected chi connectivity index (χ0v) is 23.1. The highest BCUT2D eigenvalue weighted by atomic mass is 15.2. The summed E-state index contributed by atoms with van der Waals surface area (Å²) in [4.78, 5) is 11.0. The fourth-order valence-electron chi connectivity index (χ4n) is 5.62. The molecule has 2 heterocycles. The van der Waals surface area contributed by atoms with Crippen LogP contribution in [-0.2, 0) is 7.05 Å². The molecule has 0 N–H and O–H groups in total. The SMILES string of the molecule is Cc1ccccc1-c1n(-c2nc(-c3ccccc3)c(-c3ccccc3)nc2-c2ccccc2)c2ccccc2[n+]1C. The van der Waals surface area contributed by atoms with Crippen LogP contribution in [0.2, 0.25) is 0 Å². The lowest BCUT2D eigenvalue weighted by Gasteiger charge is -2.15. The normalized spacial score (nSPS) is 11.2. The van der Waals surface area contributed by atoms with Crippen LogP contribution < -0.4 is 4.57 Å². The Morgan fingerprint density at radius 3 is 1.61 bits per heavy atom. The average molecular weight is 530 g/mol. The van der Waals surface area contributed by atoms with E-state index in [2.05, 4.69) is 144 Å². The van der Waals surface area contributed by atoms with Crippen LogP contribution >= 0.6 is 0 Å². The van der Waals surface area contributed by atoms with Crippen molar-refractivity contribution in [1.82, 2.24) is 14.5 Å². The second-order valence-electron chi connectivity index (χ2n) is 10.2. The number of aromatic nitrogens is 4. The third-order valence-corrected chi connectivity index (χ3v) is 7.63. The van der Waals surface area contributed by atoms with Crippen molar-refractivity contribution in [3.05, 3.63) is 145 Å². The van der Waals surface area contributed by atoms with Gasteiger partial charge in [0.1, 0.15) is 11.4 Å². The first-order chi connectivity index (χ1) is 20.2. The molecule has 0 saturated heterocycles. The van der Waals surface area contributed by atoms with Gasteiger partial charge >= 0.3 is 0 Å². The van der Waals surface area contributed by atoms with Gasteiger partial charge in [-0.15, -0.1) is 0 Å². The van der Waals surface area contributed by atoms with Crippen molar-refractivity contribution < 1.29 is 4.57 Å². The van der Waals surface area contributed by atoms with Crippen molar-refractivity contribution in [2.75, 3.05) is 0 Å². The highest BCUT2D eigenvalue weighted by Gasteiger charge is 2.31. The number of hydrogen-bond acceptors (Lipinski definition) is 2. The summed E-state index contributed by atoms with van der Waals surface area (Å²) < 4.78 is 4.55. The third-order valence-electron chi connectivity index (χ3n) is 7.63. The van der Waals surface area contributed by atoms with Crippen LogP contribution in [0, 0.1) is 6.92 Å². The maximum Gasteiger partial charge on any atom is 0.296 e. The predicted molar refractivity (Wildman–Crippen MR) is 167 cm³/mol. The topological polar surface area (TPSA) is 34.6 Å². The fourth-order valence-corrected chi connectivity index (χ4v) is 5.62. The van der Waals surface area contributed by atoms with Gasteiger partial charge in [0.2, 0.25) is 0 Å². The summed E-state index contributed by atoms with van der Waals surface area (Å²) in [6, 6.07) is 48.2. The molecule has 7 rings (SSSR count). The second kappa shape index (κ2) is 10.3. The van der Waals surface area contributed by atoms with Gasteiger partial charge in [-0.25, -0.2) is 14.5 Å². The van der Waals surface area contributed by atoms with Gasteiger partial charge in [-0.2, -0.15) is 4.57 Å². The van der Waals surface area contributed by atoms with Crippen molar-refractivity contribution >= 4 is 11.0 Å². The van der Waals surface area contributed by atoms with E-state index in [1.54, 1.807) is 0 Å². The first-order valence-electron chi connectivity index (χ1n) is 13.8. The van der Waals surface area contributed by atoms with Crippen LogP contribution in [-0.4, -0.2) is 14.5 Å². The molecule has 0 saturated carbocycles. The zero-order valence-electron chi connectivity index (χ0n) is 23.1. The Morgan fingerprint density at radius 1 is 0.512 bits per heavy atom. The second-order valence-corrected chi connectivity index (χ2v) is 10.2. The van der Waals surface area contributed by atoms with Crippen LogP contribution in [0.4, 0.5) is 0 Å². The molecule has 0 radical (unpaired) electrons. The Kier molecular flexibility index (Phi) is 6.21. The molecule has 0 aliphatic carbocycles. The standard InChI is InChI=1S/C37H29N4/c1-26-16-12-13-23-30(26)37-40(2)31-24-14-15-25-32(31)41(37)36-35(29-21-10-5-11-22-29)38-33(27-17-6-3-7-18-27)34(39-36)28-19-8-4-9-20-28/h3-25H,1-2H3/q+1. The molecule has 2 aromatic heterocycles. The van der Waals surface area contributed by atoms with Crippen LogP contribution in [0.3, 0.4) is 0 Å². The van der Waals surface area contributed by atoms with E-state index in [0.717, 1.165) is 62.0 Å². The number of nitrogens with zero attached hydrogens (tertiary/aromatic N) is 4. The maximum atomic E-state index is 5.53. The summed E-state index contributed by atoms with van der Waals surface area (Å²) >= 11 is 0. The molecule has 196 valence electrons. The monoisotopic (exact) mass is 529 g/mol. The first-order valence-corrected chi connectivity index (χ1v) is 13.8. The minimum Gasteiger partial charge on any atom is -0.239 e. The number of benzene rings is 5. The Bertz CT molecular complexity index is 1990. The fraction of sp³-hybridized carbons (Fsp3) is 0.0541. The Balaban J connectivity index is 1.65. The van der Waals surface area contributed by atoms with Gasteiger partial charge in [-0.3, -0.25) is 0 Å². The lowest BCUT2D eigenvalue weighted by Crippen LogP contribution is -2.30. The number of para-hydroxylation sites is 2. The van der Waals surface area contributed by atoms with E-state index in [1.165, 1.54) is 5.56 Å². The van der Waals surface area contributed by atoms with E-state index in [4.69, 9.17) is 9.97 Å². The highest BCUT2D eigenvalue weighted by molar-refractivity contribution is 5.86. The molecular formula is C37H29N4+. The highest BCUT2D eigenvalue weighted by Crippen LogP contribution is 2.37. The van der Waals surface area contributed by atoms with E-state index in [0.29, 0.717) is 0 Å². The van der Waals surface area contributed by atoms with E-state index in [1.807, 2.05) is 18.2 Å². The van der Waals surface area contributed by atoms with Crippen LogP contribution in [0.15, 0.2) is 140 Å². The summed E-state index contributed by atoms with van der Waals surface area (Å²) in [5.74, 6) is 1.85. The molecule has 0 bridgehead atoms. The van der Waals surface area contributed by atoms with Crippen LogP contribution in [0.5, 0.6) is 0 Å². The molecule has 0 aliphatic heterocycles. The largest absolute Gasteiger partial charge is 0.296 e. The number of fused-ring (bicyclic) bond motifs is 1. The Hall–Kier alpha value is -5.35. The minimum atomic E-state index is 0.796. The third kappa shape index (κ3) is 4.30. The van der Waals surface area contributed by atoms with Gasteiger partial charge in [0.05, 0.1) is 18.3 Å². The summed E-state index contributed by atoms with van der Waals surface area (Å²) in [7, 11) is 2.13. The lowest BCUT2D eigenvalue weighted by atomic mass is 10.0. The molecule has 4 heteroatoms. The van der Waals surface area contributed by atoms with Crippen molar-refractivity contribution in [3.8, 4) is 51.0 Å². The minimum absolute atomic E-state index is 0.796. The maximum absolute atomic E-state index is 5.53. The van der Waals surface area contributed by atoms with Crippen molar-refractivity contribution in [2.24, 2.45) is 7.05 Å². The molecule has 7 aromatic rings. The summed E-state index contributed by atoms with van der Waals surface area (Å²) in [6.07, 6.45) is 0. The van der Waals surface area contributed by atoms with E-state index in [9.17, 15) is 0 Å². The molecule has 41 heavy (non-hydrogen) atoms.